The Bertz CT molecular complexity index is 1190. The average Bonchev–Trinajstić information content (AvgIpc) is 2.75. The lowest BCUT2D eigenvalue weighted by atomic mass is 9.83. The molecule has 0 radical (unpaired) electrons. The van der Waals surface area contributed by atoms with E-state index in [0.29, 0.717) is 29.0 Å². The zero-order valence-electron chi connectivity index (χ0n) is 16.1. The van der Waals surface area contributed by atoms with Crippen LogP contribution in [0.3, 0.4) is 0 Å². The van der Waals surface area contributed by atoms with Gasteiger partial charge in [0.1, 0.15) is 6.04 Å². The average molecular weight is 459 g/mol. The van der Waals surface area contributed by atoms with E-state index in [-0.39, 0.29) is 11.7 Å². The molecule has 1 aliphatic carbocycles. The molecule has 0 saturated carbocycles. The molecule has 3 aromatic carbocycles. The molecule has 5 heteroatoms. The molecule has 1 N–H and O–H groups in total. The molecule has 148 valence electrons. The summed E-state index contributed by atoms with van der Waals surface area (Å²) in [5.74, 6) is -0.185. The Balaban J connectivity index is 1.52. The Morgan fingerprint density at radius 3 is 2.57 bits per heavy atom. The third kappa shape index (κ3) is 3.15. The summed E-state index contributed by atoms with van der Waals surface area (Å²) < 4.78 is 0.862. The molecule has 3 aromatic rings. The van der Waals surface area contributed by atoms with Crippen molar-refractivity contribution in [2.75, 3.05) is 16.8 Å². The first-order valence-corrected chi connectivity index (χ1v) is 10.7. The first kappa shape index (κ1) is 18.8. The van der Waals surface area contributed by atoms with Crippen molar-refractivity contribution in [3.63, 3.8) is 0 Å². The second-order valence-corrected chi connectivity index (χ2v) is 8.35. The Kier molecular flexibility index (Phi) is 4.75. The van der Waals surface area contributed by atoms with E-state index in [9.17, 15) is 9.59 Å². The molecule has 0 saturated heterocycles. The van der Waals surface area contributed by atoms with Crippen molar-refractivity contribution in [3.05, 3.63) is 99.5 Å². The number of anilines is 2. The van der Waals surface area contributed by atoms with Gasteiger partial charge in [0.25, 0.3) is 5.91 Å². The smallest absolute Gasteiger partial charge is 0.262 e. The van der Waals surface area contributed by atoms with Crippen molar-refractivity contribution in [2.24, 2.45) is 0 Å². The van der Waals surface area contributed by atoms with Gasteiger partial charge in [-0.25, -0.2) is 0 Å². The van der Waals surface area contributed by atoms with Crippen molar-refractivity contribution < 1.29 is 9.59 Å². The zero-order chi connectivity index (χ0) is 20.7. The fraction of sp³-hybridized carbons (Fsp3) is 0.120. The fourth-order valence-electron chi connectivity index (χ4n) is 4.16. The minimum absolute atomic E-state index is 0.0335. The number of Topliss-reactive ketones (excluding diaryl/α,β-unsaturated/α-hetero) is 1. The second-order valence-electron chi connectivity index (χ2n) is 7.44. The molecule has 1 atom stereocenters. The third-order valence-electron chi connectivity index (χ3n) is 5.58. The molecule has 1 amide bonds. The summed E-state index contributed by atoms with van der Waals surface area (Å²) in [6.07, 6.45) is 4.59. The van der Waals surface area contributed by atoms with E-state index in [2.05, 4.69) is 33.4 Å². The molecule has 1 aliphatic heterocycles. The SMILES string of the molecule is O=C1c2c3ccc(NCCc4ccccc4)c2C(=O)N(c2cccc(Br)c2)C1C=C3. The second kappa shape index (κ2) is 7.58. The van der Waals surface area contributed by atoms with E-state index in [1.807, 2.05) is 66.7 Å². The van der Waals surface area contributed by atoms with Crippen LogP contribution in [0.15, 0.2) is 77.3 Å². The van der Waals surface area contributed by atoms with Crippen LogP contribution in [-0.2, 0) is 6.42 Å². The zero-order valence-corrected chi connectivity index (χ0v) is 17.7. The Labute approximate surface area is 183 Å². The highest BCUT2D eigenvalue weighted by atomic mass is 79.9. The molecule has 2 bridgehead atoms. The quantitative estimate of drug-likeness (QED) is 0.560. The number of nitrogens with one attached hydrogen (secondary N) is 1. The first-order chi connectivity index (χ1) is 14.6. The lowest BCUT2D eigenvalue weighted by Gasteiger charge is -2.37. The molecule has 1 heterocycles. The standard InChI is InChI=1S/C25H19BrN2O2/c26-18-7-4-8-19(15-18)28-21-12-10-17-9-11-20(23(25(28)30)22(17)24(21)29)27-14-13-16-5-2-1-3-6-16/h1-12,15,21,27H,13-14H2. The molecule has 1 unspecified atom stereocenters. The van der Waals surface area contributed by atoms with Gasteiger partial charge in [0.15, 0.2) is 5.78 Å². The van der Waals surface area contributed by atoms with Crippen LogP contribution in [0.25, 0.3) is 6.08 Å². The lowest BCUT2D eigenvalue weighted by Crippen LogP contribution is -2.50. The van der Waals surface area contributed by atoms with E-state index in [0.717, 1.165) is 16.5 Å². The van der Waals surface area contributed by atoms with Gasteiger partial charge < -0.3 is 5.32 Å². The van der Waals surface area contributed by atoms with Gasteiger partial charge >= 0.3 is 0 Å². The maximum atomic E-state index is 13.6. The van der Waals surface area contributed by atoms with E-state index >= 15 is 0 Å². The number of hydrogen-bond donors (Lipinski definition) is 1. The minimum Gasteiger partial charge on any atom is -0.384 e. The third-order valence-corrected chi connectivity index (χ3v) is 6.07. The highest BCUT2D eigenvalue weighted by Crippen LogP contribution is 2.38. The first-order valence-electron chi connectivity index (χ1n) is 9.90. The predicted octanol–water partition coefficient (Wildman–Crippen LogP) is 5.34. The van der Waals surface area contributed by atoms with Crippen LogP contribution in [0.1, 0.15) is 31.8 Å². The summed E-state index contributed by atoms with van der Waals surface area (Å²) in [4.78, 5) is 28.5. The van der Waals surface area contributed by atoms with Crippen LogP contribution in [0.4, 0.5) is 11.4 Å². The topological polar surface area (TPSA) is 49.4 Å². The highest BCUT2D eigenvalue weighted by molar-refractivity contribution is 9.10. The number of fused-ring (bicyclic) bond motifs is 1. The normalized spacial score (nSPS) is 16.7. The Morgan fingerprint density at radius 2 is 1.77 bits per heavy atom. The monoisotopic (exact) mass is 458 g/mol. The van der Waals surface area contributed by atoms with Crippen molar-refractivity contribution in [1.82, 2.24) is 0 Å². The van der Waals surface area contributed by atoms with Gasteiger partial charge in [-0.15, -0.1) is 0 Å². The van der Waals surface area contributed by atoms with E-state index < -0.39 is 6.04 Å². The van der Waals surface area contributed by atoms with Gasteiger partial charge in [0, 0.05) is 28.0 Å². The number of amides is 1. The summed E-state index contributed by atoms with van der Waals surface area (Å²) in [7, 11) is 0. The summed E-state index contributed by atoms with van der Waals surface area (Å²) in [5.41, 5.74) is 4.43. The number of hydrogen-bond acceptors (Lipinski definition) is 3. The van der Waals surface area contributed by atoms with Crippen molar-refractivity contribution in [1.29, 1.82) is 0 Å². The Morgan fingerprint density at radius 1 is 0.933 bits per heavy atom. The molecule has 2 aliphatic rings. The van der Waals surface area contributed by atoms with Crippen molar-refractivity contribution >= 4 is 45.1 Å². The van der Waals surface area contributed by atoms with E-state index in [4.69, 9.17) is 0 Å². The van der Waals surface area contributed by atoms with Crippen LogP contribution in [0.2, 0.25) is 0 Å². The fourth-order valence-corrected chi connectivity index (χ4v) is 4.55. The van der Waals surface area contributed by atoms with Crippen molar-refractivity contribution in [3.8, 4) is 0 Å². The van der Waals surface area contributed by atoms with Gasteiger partial charge in [-0.1, -0.05) is 70.5 Å². The Hall–Kier alpha value is -3.18. The number of carbonyl (C=O) groups excluding carboxylic acids is 2. The number of nitrogens with zero attached hydrogens (tertiary/aromatic N) is 1. The molecule has 0 aromatic heterocycles. The number of benzene rings is 3. The maximum absolute atomic E-state index is 13.6. The lowest BCUT2D eigenvalue weighted by molar-refractivity contribution is 0.0885. The molecular formula is C25H19BrN2O2. The number of rotatable bonds is 5. The molecule has 4 nitrogen and oxygen atoms in total. The summed E-state index contributed by atoms with van der Waals surface area (Å²) in [6.45, 7) is 0.674. The van der Waals surface area contributed by atoms with Gasteiger partial charge in [-0.05, 0) is 41.8 Å². The minimum atomic E-state index is -0.605. The number of halogens is 1. The van der Waals surface area contributed by atoms with Gasteiger partial charge in [-0.2, -0.15) is 0 Å². The largest absolute Gasteiger partial charge is 0.384 e. The molecule has 5 rings (SSSR count). The van der Waals surface area contributed by atoms with Crippen molar-refractivity contribution in [2.45, 2.75) is 12.5 Å². The van der Waals surface area contributed by atoms with Gasteiger partial charge in [0.05, 0.1) is 5.56 Å². The van der Waals surface area contributed by atoms with Crippen LogP contribution in [0, 0.1) is 0 Å². The van der Waals surface area contributed by atoms with Crippen LogP contribution >= 0.6 is 15.9 Å². The number of carbonyl (C=O) groups is 2. The van der Waals surface area contributed by atoms with E-state index in [1.165, 1.54) is 5.56 Å². The molecular weight excluding hydrogens is 440 g/mol. The predicted molar refractivity (Wildman–Crippen MR) is 123 cm³/mol. The maximum Gasteiger partial charge on any atom is 0.262 e. The summed E-state index contributed by atoms with van der Waals surface area (Å²) in [6, 6.07) is 20.9. The molecule has 0 fully saturated rings. The summed E-state index contributed by atoms with van der Waals surface area (Å²) in [5, 5.41) is 3.39. The molecule has 0 spiro atoms. The van der Waals surface area contributed by atoms with Crippen LogP contribution in [0.5, 0.6) is 0 Å². The van der Waals surface area contributed by atoms with Crippen LogP contribution in [-0.4, -0.2) is 24.3 Å². The van der Waals surface area contributed by atoms with Crippen LogP contribution < -0.4 is 10.2 Å². The highest BCUT2D eigenvalue weighted by Gasteiger charge is 2.42. The van der Waals surface area contributed by atoms with Gasteiger partial charge in [0.2, 0.25) is 0 Å². The number of ketones is 1. The summed E-state index contributed by atoms with van der Waals surface area (Å²) >= 11 is 3.47. The van der Waals surface area contributed by atoms with E-state index in [1.54, 1.807) is 4.90 Å². The van der Waals surface area contributed by atoms with Gasteiger partial charge in [-0.3, -0.25) is 14.5 Å². The molecule has 30 heavy (non-hydrogen) atoms.